The van der Waals surface area contributed by atoms with Gasteiger partial charge in [0.15, 0.2) is 0 Å². The van der Waals surface area contributed by atoms with E-state index in [0.717, 1.165) is 16.5 Å². The van der Waals surface area contributed by atoms with E-state index >= 15 is 0 Å². The van der Waals surface area contributed by atoms with Gasteiger partial charge in [0, 0.05) is 9.85 Å². The third kappa shape index (κ3) is 4.39. The SMILES string of the molecule is FC(F)(F)C1CCCC(C(Cl)Cc2ccc(Br)cc2)C1. The molecule has 20 heavy (non-hydrogen) atoms. The van der Waals surface area contributed by atoms with E-state index in [1.165, 1.54) is 0 Å². The Morgan fingerprint density at radius 3 is 2.45 bits per heavy atom. The lowest BCUT2D eigenvalue weighted by molar-refractivity contribution is -0.185. The normalized spacial score (nSPS) is 25.4. The number of rotatable bonds is 3. The molecule has 0 spiro atoms. The summed E-state index contributed by atoms with van der Waals surface area (Å²) in [6, 6.07) is 7.78. The lowest BCUT2D eigenvalue weighted by Gasteiger charge is -2.33. The van der Waals surface area contributed by atoms with Crippen molar-refractivity contribution >= 4 is 27.5 Å². The van der Waals surface area contributed by atoms with Gasteiger partial charge in [-0.05, 0) is 49.3 Å². The molecule has 5 heteroatoms. The van der Waals surface area contributed by atoms with Crippen LogP contribution in [-0.2, 0) is 6.42 Å². The average Bonchev–Trinajstić information content (AvgIpc) is 2.40. The molecule has 1 fully saturated rings. The van der Waals surface area contributed by atoms with Crippen LogP contribution in [0.2, 0.25) is 0 Å². The minimum absolute atomic E-state index is 0.0410. The Morgan fingerprint density at radius 1 is 1.20 bits per heavy atom. The van der Waals surface area contributed by atoms with Crippen LogP contribution in [-0.4, -0.2) is 11.6 Å². The Bertz CT molecular complexity index is 430. The molecule has 1 aromatic rings. The van der Waals surface area contributed by atoms with Gasteiger partial charge in [-0.1, -0.05) is 34.5 Å². The first-order chi connectivity index (χ1) is 9.36. The minimum atomic E-state index is -4.08. The predicted molar refractivity (Wildman–Crippen MR) is 79.0 cm³/mol. The van der Waals surface area contributed by atoms with Crippen LogP contribution in [0.1, 0.15) is 31.2 Å². The van der Waals surface area contributed by atoms with Gasteiger partial charge in [-0.25, -0.2) is 0 Å². The predicted octanol–water partition coefficient (Wildman–Crippen LogP) is 5.97. The Morgan fingerprint density at radius 2 is 1.85 bits per heavy atom. The zero-order chi connectivity index (χ0) is 14.8. The summed E-state index contributed by atoms with van der Waals surface area (Å²) in [5.41, 5.74) is 1.07. The zero-order valence-electron chi connectivity index (χ0n) is 11.0. The van der Waals surface area contributed by atoms with Gasteiger partial charge in [0.25, 0.3) is 0 Å². The van der Waals surface area contributed by atoms with Crippen molar-refractivity contribution in [3.05, 3.63) is 34.3 Å². The van der Waals surface area contributed by atoms with Crippen molar-refractivity contribution < 1.29 is 13.2 Å². The van der Waals surface area contributed by atoms with Crippen LogP contribution < -0.4 is 0 Å². The molecule has 0 amide bonds. The highest BCUT2D eigenvalue weighted by atomic mass is 79.9. The molecule has 0 bridgehead atoms. The fraction of sp³-hybridized carbons (Fsp3) is 0.600. The number of benzene rings is 1. The Kier molecular flexibility index (Phi) is 5.41. The van der Waals surface area contributed by atoms with E-state index in [1.807, 2.05) is 24.3 Å². The fourth-order valence-electron chi connectivity index (χ4n) is 2.87. The third-order valence-electron chi connectivity index (χ3n) is 4.03. The molecule has 1 saturated carbocycles. The molecule has 112 valence electrons. The topological polar surface area (TPSA) is 0 Å². The monoisotopic (exact) mass is 368 g/mol. The van der Waals surface area contributed by atoms with Crippen LogP contribution >= 0.6 is 27.5 Å². The summed E-state index contributed by atoms with van der Waals surface area (Å²) in [7, 11) is 0. The van der Waals surface area contributed by atoms with Gasteiger partial charge < -0.3 is 0 Å². The second-order valence-corrected chi connectivity index (χ2v) is 6.99. The second-order valence-electron chi connectivity index (χ2n) is 5.51. The lowest BCUT2D eigenvalue weighted by atomic mass is 9.78. The van der Waals surface area contributed by atoms with Crippen molar-refractivity contribution in [2.75, 3.05) is 0 Å². The number of alkyl halides is 4. The standard InChI is InChI=1S/C15H17BrClF3/c16-13-6-4-10(5-7-13)8-14(17)11-2-1-3-12(9-11)15(18,19)20/h4-7,11-12,14H,1-3,8-9H2. The van der Waals surface area contributed by atoms with Gasteiger partial charge in [-0.15, -0.1) is 11.6 Å². The van der Waals surface area contributed by atoms with Crippen LogP contribution in [0.15, 0.2) is 28.7 Å². The van der Waals surface area contributed by atoms with Crippen molar-refractivity contribution in [1.29, 1.82) is 0 Å². The maximum absolute atomic E-state index is 12.8. The molecule has 3 atom stereocenters. The molecule has 1 aliphatic rings. The molecule has 0 saturated heterocycles. The summed E-state index contributed by atoms with van der Waals surface area (Å²) >= 11 is 9.73. The van der Waals surface area contributed by atoms with Crippen molar-refractivity contribution in [3.63, 3.8) is 0 Å². The molecule has 0 heterocycles. The number of halogens is 5. The van der Waals surface area contributed by atoms with E-state index in [0.29, 0.717) is 12.8 Å². The van der Waals surface area contributed by atoms with Crippen LogP contribution in [0, 0.1) is 11.8 Å². The molecule has 0 N–H and O–H groups in total. The summed E-state index contributed by atoms with van der Waals surface area (Å²) in [6.07, 6.45) is -1.59. The molecule has 0 aliphatic heterocycles. The molecule has 0 aromatic heterocycles. The van der Waals surface area contributed by atoms with Gasteiger partial charge >= 0.3 is 6.18 Å². The average molecular weight is 370 g/mol. The van der Waals surface area contributed by atoms with Crippen LogP contribution in [0.25, 0.3) is 0 Å². The number of hydrogen-bond acceptors (Lipinski definition) is 0. The largest absolute Gasteiger partial charge is 0.391 e. The van der Waals surface area contributed by atoms with E-state index in [-0.39, 0.29) is 24.1 Å². The molecule has 1 aromatic carbocycles. The third-order valence-corrected chi connectivity index (χ3v) is 5.07. The minimum Gasteiger partial charge on any atom is -0.171 e. The van der Waals surface area contributed by atoms with Crippen LogP contribution in [0.4, 0.5) is 13.2 Å². The van der Waals surface area contributed by atoms with Crippen molar-refractivity contribution in [2.45, 2.75) is 43.7 Å². The molecular formula is C15H17BrClF3. The first-order valence-electron chi connectivity index (χ1n) is 6.81. The maximum atomic E-state index is 12.8. The molecule has 1 aliphatic carbocycles. The number of hydrogen-bond donors (Lipinski definition) is 0. The van der Waals surface area contributed by atoms with Gasteiger partial charge in [0.05, 0.1) is 5.92 Å². The molecule has 0 nitrogen and oxygen atoms in total. The molecule has 3 unspecified atom stereocenters. The van der Waals surface area contributed by atoms with Crippen molar-refractivity contribution in [2.24, 2.45) is 11.8 Å². The first-order valence-corrected chi connectivity index (χ1v) is 8.04. The van der Waals surface area contributed by atoms with Gasteiger partial charge in [0.1, 0.15) is 0 Å². The highest BCUT2D eigenvalue weighted by Gasteiger charge is 2.43. The van der Waals surface area contributed by atoms with Crippen molar-refractivity contribution in [3.8, 4) is 0 Å². The van der Waals surface area contributed by atoms with E-state index in [2.05, 4.69) is 15.9 Å². The highest BCUT2D eigenvalue weighted by Crippen LogP contribution is 2.42. The molecule has 2 rings (SSSR count). The van der Waals surface area contributed by atoms with Crippen molar-refractivity contribution in [1.82, 2.24) is 0 Å². The molecular weight excluding hydrogens is 353 g/mol. The fourth-order valence-corrected chi connectivity index (χ4v) is 3.54. The Balaban J connectivity index is 1.95. The smallest absolute Gasteiger partial charge is 0.171 e. The highest BCUT2D eigenvalue weighted by molar-refractivity contribution is 9.10. The Labute approximate surface area is 130 Å². The zero-order valence-corrected chi connectivity index (χ0v) is 13.3. The van der Waals surface area contributed by atoms with Crippen LogP contribution in [0.3, 0.4) is 0 Å². The second kappa shape index (κ2) is 6.69. The lowest BCUT2D eigenvalue weighted by Crippen LogP contribution is -2.32. The molecule has 0 radical (unpaired) electrons. The maximum Gasteiger partial charge on any atom is 0.391 e. The van der Waals surface area contributed by atoms with Gasteiger partial charge in [-0.3, -0.25) is 0 Å². The van der Waals surface area contributed by atoms with E-state index in [9.17, 15) is 13.2 Å². The van der Waals surface area contributed by atoms with E-state index < -0.39 is 12.1 Å². The summed E-state index contributed by atoms with van der Waals surface area (Å²) in [4.78, 5) is 0. The van der Waals surface area contributed by atoms with E-state index in [1.54, 1.807) is 0 Å². The van der Waals surface area contributed by atoms with E-state index in [4.69, 9.17) is 11.6 Å². The first kappa shape index (κ1) is 16.2. The summed E-state index contributed by atoms with van der Waals surface area (Å²) < 4.78 is 39.4. The van der Waals surface area contributed by atoms with Gasteiger partial charge in [-0.2, -0.15) is 13.2 Å². The summed E-state index contributed by atoms with van der Waals surface area (Å²) in [5, 5.41) is -0.221. The summed E-state index contributed by atoms with van der Waals surface area (Å²) in [6.45, 7) is 0. The van der Waals surface area contributed by atoms with Gasteiger partial charge in [0.2, 0.25) is 0 Å². The quantitative estimate of drug-likeness (QED) is 0.576. The van der Waals surface area contributed by atoms with Crippen LogP contribution in [0.5, 0.6) is 0 Å². The Hall–Kier alpha value is -0.220. The summed E-state index contributed by atoms with van der Waals surface area (Å²) in [5.74, 6) is -1.21.